The van der Waals surface area contributed by atoms with Gasteiger partial charge in [-0.2, -0.15) is 13.4 Å². The number of carbonyl (C=O) groups excluding carboxylic acids is 1. The summed E-state index contributed by atoms with van der Waals surface area (Å²) in [6, 6.07) is -1.03. The van der Waals surface area contributed by atoms with Gasteiger partial charge in [0, 0.05) is 13.0 Å². The zero-order valence-electron chi connectivity index (χ0n) is 9.30. The van der Waals surface area contributed by atoms with Crippen LogP contribution in [0, 0.1) is 0 Å². The summed E-state index contributed by atoms with van der Waals surface area (Å²) in [5, 5.41) is 2.14. The predicted octanol–water partition coefficient (Wildman–Crippen LogP) is 0.213. The topological polar surface area (TPSA) is 134 Å². The Morgan fingerprint density at radius 3 is 2.32 bits per heavy atom. The molecule has 0 saturated heterocycles. The molecule has 1 rings (SSSR count). The standard InChI is InChI=1S/C7H9Cl2N5O4S/c8-5-11-4(12-6(9)13-5)2-1-3-10-7(15)14-19(16,17)18/h1-3H2,(H2,10,14,15)(H,16,17,18). The molecule has 0 atom stereocenters. The van der Waals surface area contributed by atoms with E-state index in [1.54, 1.807) is 0 Å². The molecule has 19 heavy (non-hydrogen) atoms. The Hall–Kier alpha value is -1.23. The number of rotatable bonds is 5. The lowest BCUT2D eigenvalue weighted by molar-refractivity contribution is 0.245. The highest BCUT2D eigenvalue weighted by Crippen LogP contribution is 2.07. The van der Waals surface area contributed by atoms with Gasteiger partial charge in [-0.05, 0) is 29.6 Å². The van der Waals surface area contributed by atoms with E-state index in [9.17, 15) is 13.2 Å². The van der Waals surface area contributed by atoms with E-state index in [0.29, 0.717) is 18.7 Å². The Labute approximate surface area is 118 Å². The van der Waals surface area contributed by atoms with Crippen molar-refractivity contribution in [1.82, 2.24) is 25.0 Å². The first-order valence-corrected chi connectivity index (χ1v) is 7.05. The van der Waals surface area contributed by atoms with Crippen molar-refractivity contribution in [3.63, 3.8) is 0 Å². The summed E-state index contributed by atoms with van der Waals surface area (Å²) in [4.78, 5) is 22.1. The fraction of sp³-hybridized carbons (Fsp3) is 0.429. The van der Waals surface area contributed by atoms with Crippen LogP contribution < -0.4 is 10.0 Å². The molecule has 0 spiro atoms. The van der Waals surface area contributed by atoms with Crippen LogP contribution in [0.15, 0.2) is 0 Å². The average Bonchev–Trinajstić information content (AvgIpc) is 2.20. The van der Waals surface area contributed by atoms with Crippen LogP contribution in [-0.4, -0.2) is 40.5 Å². The number of urea groups is 1. The maximum atomic E-state index is 10.9. The van der Waals surface area contributed by atoms with Gasteiger partial charge in [0.25, 0.3) is 0 Å². The summed E-state index contributed by atoms with van der Waals surface area (Å²) < 4.78 is 30.3. The van der Waals surface area contributed by atoms with Crippen molar-refractivity contribution in [2.45, 2.75) is 12.8 Å². The first-order chi connectivity index (χ1) is 8.76. The monoisotopic (exact) mass is 329 g/mol. The van der Waals surface area contributed by atoms with Gasteiger partial charge < -0.3 is 5.32 Å². The lowest BCUT2D eigenvalue weighted by Gasteiger charge is -2.04. The van der Waals surface area contributed by atoms with E-state index in [-0.39, 0.29) is 17.1 Å². The molecule has 12 heteroatoms. The molecule has 0 saturated carbocycles. The molecule has 0 aliphatic heterocycles. The Morgan fingerprint density at radius 1 is 1.21 bits per heavy atom. The molecule has 0 aliphatic carbocycles. The number of nitrogens with one attached hydrogen (secondary N) is 2. The van der Waals surface area contributed by atoms with Crippen molar-refractivity contribution in [3.8, 4) is 0 Å². The smallest absolute Gasteiger partial charge is 0.337 e. The Balaban J connectivity index is 2.33. The Morgan fingerprint density at radius 2 is 1.79 bits per heavy atom. The second kappa shape index (κ2) is 6.80. The van der Waals surface area contributed by atoms with Crippen LogP contribution in [0.2, 0.25) is 10.6 Å². The van der Waals surface area contributed by atoms with E-state index in [2.05, 4.69) is 20.3 Å². The molecule has 2 amide bonds. The van der Waals surface area contributed by atoms with Crippen LogP contribution in [0.1, 0.15) is 12.2 Å². The summed E-state index contributed by atoms with van der Waals surface area (Å²) in [7, 11) is -4.55. The highest BCUT2D eigenvalue weighted by Gasteiger charge is 2.09. The first kappa shape index (κ1) is 15.8. The molecule has 0 fully saturated rings. The van der Waals surface area contributed by atoms with Crippen LogP contribution in [0.5, 0.6) is 0 Å². The summed E-state index contributed by atoms with van der Waals surface area (Å²) in [6.07, 6.45) is 0.768. The number of aryl methyl sites for hydroxylation is 1. The van der Waals surface area contributed by atoms with Gasteiger partial charge in [-0.1, -0.05) is 0 Å². The van der Waals surface area contributed by atoms with E-state index in [0.717, 1.165) is 0 Å². The summed E-state index contributed by atoms with van der Waals surface area (Å²) in [5.41, 5.74) is 0. The minimum Gasteiger partial charge on any atom is -0.337 e. The van der Waals surface area contributed by atoms with Crippen molar-refractivity contribution in [2.24, 2.45) is 0 Å². The molecule has 0 radical (unpaired) electrons. The summed E-state index contributed by atoms with van der Waals surface area (Å²) in [6.45, 7) is 0.141. The number of nitrogens with zero attached hydrogens (tertiary/aromatic N) is 3. The van der Waals surface area contributed by atoms with Crippen LogP contribution >= 0.6 is 23.2 Å². The number of aromatic nitrogens is 3. The SMILES string of the molecule is O=C(NCCCc1nc(Cl)nc(Cl)n1)NS(=O)(=O)O. The van der Waals surface area contributed by atoms with E-state index in [1.165, 1.54) is 4.72 Å². The number of hydrogen-bond acceptors (Lipinski definition) is 6. The van der Waals surface area contributed by atoms with Gasteiger partial charge in [0.05, 0.1) is 0 Å². The first-order valence-electron chi connectivity index (χ1n) is 4.85. The molecule has 106 valence electrons. The molecule has 0 bridgehead atoms. The minimum atomic E-state index is -4.55. The quantitative estimate of drug-likeness (QED) is 0.519. The number of hydrogen-bond donors (Lipinski definition) is 3. The van der Waals surface area contributed by atoms with E-state index in [4.69, 9.17) is 27.8 Å². The number of amides is 2. The van der Waals surface area contributed by atoms with E-state index < -0.39 is 16.3 Å². The lowest BCUT2D eigenvalue weighted by Crippen LogP contribution is -2.39. The van der Waals surface area contributed by atoms with E-state index in [1.807, 2.05) is 0 Å². The van der Waals surface area contributed by atoms with Crippen LogP contribution in [-0.2, 0) is 16.7 Å². The highest BCUT2D eigenvalue weighted by atomic mass is 35.5. The molecule has 1 heterocycles. The molecule has 0 unspecified atom stereocenters. The zero-order chi connectivity index (χ0) is 14.5. The van der Waals surface area contributed by atoms with Gasteiger partial charge in [-0.3, -0.25) is 4.55 Å². The molecule has 1 aromatic heterocycles. The second-order valence-electron chi connectivity index (χ2n) is 3.23. The van der Waals surface area contributed by atoms with Crippen LogP contribution in [0.4, 0.5) is 4.79 Å². The van der Waals surface area contributed by atoms with Gasteiger partial charge in [0.2, 0.25) is 10.6 Å². The number of carbonyl (C=O) groups is 1. The molecule has 0 aliphatic rings. The van der Waals surface area contributed by atoms with Crippen molar-refractivity contribution in [3.05, 3.63) is 16.4 Å². The largest absolute Gasteiger partial charge is 0.361 e. The maximum absolute atomic E-state index is 10.9. The zero-order valence-corrected chi connectivity index (χ0v) is 11.6. The third-order valence-corrected chi connectivity index (χ3v) is 2.49. The molecule has 9 nitrogen and oxygen atoms in total. The second-order valence-corrected chi connectivity index (χ2v) is 5.06. The van der Waals surface area contributed by atoms with Gasteiger partial charge in [-0.15, -0.1) is 0 Å². The molecule has 3 N–H and O–H groups in total. The van der Waals surface area contributed by atoms with Gasteiger partial charge in [0.15, 0.2) is 0 Å². The van der Waals surface area contributed by atoms with E-state index >= 15 is 0 Å². The molecule has 0 aromatic carbocycles. The van der Waals surface area contributed by atoms with Crippen molar-refractivity contribution >= 4 is 39.5 Å². The molecular formula is C7H9Cl2N5O4S. The summed E-state index contributed by atoms with van der Waals surface area (Å²) >= 11 is 11.1. The van der Waals surface area contributed by atoms with Gasteiger partial charge in [-0.25, -0.2) is 19.5 Å². The third kappa shape index (κ3) is 7.06. The fourth-order valence-corrected chi connectivity index (χ4v) is 1.78. The van der Waals surface area contributed by atoms with Crippen molar-refractivity contribution in [2.75, 3.05) is 6.54 Å². The van der Waals surface area contributed by atoms with Crippen molar-refractivity contribution in [1.29, 1.82) is 0 Å². The normalized spacial score (nSPS) is 11.1. The van der Waals surface area contributed by atoms with Crippen molar-refractivity contribution < 1.29 is 17.8 Å². The predicted molar refractivity (Wildman–Crippen MR) is 66.3 cm³/mol. The lowest BCUT2D eigenvalue weighted by atomic mass is 10.3. The third-order valence-electron chi connectivity index (χ3n) is 1.71. The minimum absolute atomic E-state index is 0.0351. The summed E-state index contributed by atoms with van der Waals surface area (Å²) in [5.74, 6) is 0.349. The number of halogens is 2. The Bertz CT molecular complexity index is 546. The Kier molecular flexibility index (Phi) is 5.66. The average molecular weight is 330 g/mol. The molecule has 1 aromatic rings. The highest BCUT2D eigenvalue weighted by molar-refractivity contribution is 7.84. The van der Waals surface area contributed by atoms with Gasteiger partial charge in [0.1, 0.15) is 5.82 Å². The fourth-order valence-electron chi connectivity index (χ4n) is 1.08. The molecular weight excluding hydrogens is 321 g/mol. The van der Waals surface area contributed by atoms with Gasteiger partial charge >= 0.3 is 16.3 Å². The van der Waals surface area contributed by atoms with Crippen LogP contribution in [0.25, 0.3) is 0 Å². The van der Waals surface area contributed by atoms with Crippen LogP contribution in [0.3, 0.4) is 0 Å². The maximum Gasteiger partial charge on any atom is 0.361 e.